The summed E-state index contributed by atoms with van der Waals surface area (Å²) in [5.74, 6) is 0.637. The Bertz CT molecular complexity index is 467. The molecule has 0 bridgehead atoms. The first-order valence-electron chi connectivity index (χ1n) is 6.80. The topological polar surface area (TPSA) is 64.3 Å². The Labute approximate surface area is 114 Å². The monoisotopic (exact) mass is 262 g/mol. The summed E-state index contributed by atoms with van der Waals surface area (Å²) in [7, 11) is 0. The first-order valence-corrected chi connectivity index (χ1v) is 6.80. The molecule has 2 atom stereocenters. The van der Waals surface area contributed by atoms with Crippen molar-refractivity contribution in [2.45, 2.75) is 51.8 Å². The van der Waals surface area contributed by atoms with Crippen LogP contribution in [0.5, 0.6) is 5.75 Å². The van der Waals surface area contributed by atoms with Crippen molar-refractivity contribution < 1.29 is 9.53 Å². The molecule has 1 aliphatic rings. The van der Waals surface area contributed by atoms with Crippen LogP contribution in [0.1, 0.15) is 43.9 Å². The van der Waals surface area contributed by atoms with Gasteiger partial charge in [0.25, 0.3) is 5.91 Å². The van der Waals surface area contributed by atoms with E-state index in [0.717, 1.165) is 24.0 Å². The van der Waals surface area contributed by atoms with Gasteiger partial charge in [0.15, 0.2) is 6.10 Å². The van der Waals surface area contributed by atoms with Crippen molar-refractivity contribution in [1.29, 1.82) is 0 Å². The van der Waals surface area contributed by atoms with Crippen LogP contribution in [0.3, 0.4) is 0 Å². The van der Waals surface area contributed by atoms with E-state index in [1.165, 1.54) is 0 Å². The molecule has 1 unspecified atom stereocenters. The van der Waals surface area contributed by atoms with Crippen LogP contribution in [0.2, 0.25) is 0 Å². The lowest BCUT2D eigenvalue weighted by Crippen LogP contribution is -2.37. The second-order valence-corrected chi connectivity index (χ2v) is 5.37. The van der Waals surface area contributed by atoms with Gasteiger partial charge in [-0.15, -0.1) is 0 Å². The zero-order chi connectivity index (χ0) is 14.0. The van der Waals surface area contributed by atoms with Gasteiger partial charge in [0, 0.05) is 17.6 Å². The van der Waals surface area contributed by atoms with E-state index >= 15 is 0 Å². The Hall–Kier alpha value is -1.55. The van der Waals surface area contributed by atoms with Crippen molar-refractivity contribution in [2.24, 2.45) is 5.73 Å². The fourth-order valence-electron chi connectivity index (χ4n) is 1.92. The largest absolute Gasteiger partial charge is 0.481 e. The van der Waals surface area contributed by atoms with Gasteiger partial charge in [-0.2, -0.15) is 0 Å². The molecule has 0 radical (unpaired) electrons. The average molecular weight is 262 g/mol. The van der Waals surface area contributed by atoms with Gasteiger partial charge >= 0.3 is 0 Å². The van der Waals surface area contributed by atoms with Crippen LogP contribution in [-0.4, -0.2) is 18.1 Å². The third-order valence-electron chi connectivity index (χ3n) is 3.25. The maximum Gasteiger partial charge on any atom is 0.260 e. The minimum atomic E-state index is -0.499. The number of rotatable bonds is 5. The number of hydrogen-bond acceptors (Lipinski definition) is 3. The number of ether oxygens (including phenoxy) is 1. The highest BCUT2D eigenvalue weighted by molar-refractivity contribution is 5.81. The number of carbonyl (C=O) groups excluding carboxylic acids is 1. The molecule has 4 nitrogen and oxygen atoms in total. The number of amides is 1. The van der Waals surface area contributed by atoms with Crippen LogP contribution in [0.4, 0.5) is 0 Å². The molecule has 1 amide bonds. The molecule has 3 N–H and O–H groups in total. The first kappa shape index (κ1) is 13.9. The van der Waals surface area contributed by atoms with Gasteiger partial charge in [-0.25, -0.2) is 0 Å². The molecular weight excluding hydrogens is 240 g/mol. The summed E-state index contributed by atoms with van der Waals surface area (Å²) in [5.41, 5.74) is 8.02. The van der Waals surface area contributed by atoms with E-state index in [9.17, 15) is 4.79 Å². The zero-order valence-electron chi connectivity index (χ0n) is 11.8. The van der Waals surface area contributed by atoms with Gasteiger partial charge in [-0.05, 0) is 39.7 Å². The number of aryl methyl sites for hydroxylation is 1. The quantitative estimate of drug-likeness (QED) is 0.853. The second-order valence-electron chi connectivity index (χ2n) is 5.37. The smallest absolute Gasteiger partial charge is 0.260 e. The predicted molar refractivity (Wildman–Crippen MR) is 75.0 cm³/mol. The molecule has 1 aliphatic carbocycles. The van der Waals surface area contributed by atoms with Crippen molar-refractivity contribution in [3.8, 4) is 5.75 Å². The van der Waals surface area contributed by atoms with Gasteiger partial charge in [0.2, 0.25) is 0 Å². The van der Waals surface area contributed by atoms with Crippen LogP contribution < -0.4 is 15.8 Å². The normalized spacial score (nSPS) is 17.7. The van der Waals surface area contributed by atoms with Gasteiger partial charge < -0.3 is 15.8 Å². The fraction of sp³-hybridized carbons (Fsp3) is 0.533. The van der Waals surface area contributed by atoms with Crippen LogP contribution in [-0.2, 0) is 4.79 Å². The van der Waals surface area contributed by atoms with Crippen LogP contribution >= 0.6 is 0 Å². The molecule has 1 aromatic carbocycles. The van der Waals surface area contributed by atoms with E-state index in [4.69, 9.17) is 10.5 Å². The molecule has 4 heteroatoms. The molecule has 0 spiro atoms. The molecule has 0 aliphatic heterocycles. The van der Waals surface area contributed by atoms with E-state index < -0.39 is 6.10 Å². The summed E-state index contributed by atoms with van der Waals surface area (Å²) in [6.07, 6.45) is 1.66. The maximum absolute atomic E-state index is 11.9. The molecule has 1 aromatic rings. The number of benzene rings is 1. The third kappa shape index (κ3) is 3.70. The van der Waals surface area contributed by atoms with E-state index in [1.807, 2.05) is 32.0 Å². The lowest BCUT2D eigenvalue weighted by atomic mass is 10.1. The fourth-order valence-corrected chi connectivity index (χ4v) is 1.92. The summed E-state index contributed by atoms with van der Waals surface area (Å²) in [4.78, 5) is 11.9. The van der Waals surface area contributed by atoms with Crippen molar-refractivity contribution in [1.82, 2.24) is 5.32 Å². The highest BCUT2D eigenvalue weighted by atomic mass is 16.5. The van der Waals surface area contributed by atoms with E-state index in [-0.39, 0.29) is 11.9 Å². The Morgan fingerprint density at radius 1 is 1.42 bits per heavy atom. The third-order valence-corrected chi connectivity index (χ3v) is 3.25. The Balaban J connectivity index is 2.06. The Kier molecular flexibility index (Phi) is 4.10. The van der Waals surface area contributed by atoms with Crippen molar-refractivity contribution in [3.05, 3.63) is 29.3 Å². The van der Waals surface area contributed by atoms with E-state index in [2.05, 4.69) is 5.32 Å². The first-order chi connectivity index (χ1) is 8.97. The molecule has 104 valence electrons. The predicted octanol–water partition coefficient (Wildman–Crippen LogP) is 2.06. The minimum Gasteiger partial charge on any atom is -0.481 e. The van der Waals surface area contributed by atoms with E-state index in [0.29, 0.717) is 11.8 Å². The van der Waals surface area contributed by atoms with Crippen molar-refractivity contribution in [2.75, 3.05) is 0 Å². The number of hydrogen-bond donors (Lipinski definition) is 2. The van der Waals surface area contributed by atoms with Gasteiger partial charge in [-0.3, -0.25) is 4.79 Å². The molecule has 1 fully saturated rings. The van der Waals surface area contributed by atoms with Gasteiger partial charge in [0.1, 0.15) is 5.75 Å². The van der Waals surface area contributed by atoms with Crippen molar-refractivity contribution >= 4 is 5.91 Å². The molecule has 19 heavy (non-hydrogen) atoms. The van der Waals surface area contributed by atoms with E-state index in [1.54, 1.807) is 6.92 Å². The minimum absolute atomic E-state index is 0.0568. The Morgan fingerprint density at radius 2 is 2.11 bits per heavy atom. The van der Waals surface area contributed by atoms with Gasteiger partial charge in [0.05, 0.1) is 0 Å². The highest BCUT2D eigenvalue weighted by Crippen LogP contribution is 2.26. The second kappa shape index (κ2) is 5.61. The average Bonchev–Trinajstić information content (AvgIpc) is 3.14. The Morgan fingerprint density at radius 3 is 2.68 bits per heavy atom. The molecule has 2 rings (SSSR count). The molecule has 1 saturated carbocycles. The summed E-state index contributed by atoms with van der Waals surface area (Å²) in [6, 6.07) is 6.09. The summed E-state index contributed by atoms with van der Waals surface area (Å²) >= 11 is 0. The number of nitrogens with two attached hydrogens (primary N) is 1. The zero-order valence-corrected chi connectivity index (χ0v) is 11.8. The maximum atomic E-state index is 11.9. The summed E-state index contributed by atoms with van der Waals surface area (Å²) in [5, 5.41) is 2.94. The molecular formula is C15H22N2O2. The van der Waals surface area contributed by atoms with Crippen LogP contribution in [0, 0.1) is 6.92 Å². The standard InChI is InChI=1S/C15H22N2O2/c1-9-4-7-14(13(8-9)10(2)16)19-11(3)15(18)17-12-5-6-12/h4,7-8,10-12H,5-6,16H2,1-3H3,(H,17,18)/t10-,11?/m1/s1. The SMILES string of the molecule is Cc1ccc(OC(C)C(=O)NC2CC2)c([C@@H](C)N)c1. The summed E-state index contributed by atoms with van der Waals surface area (Å²) < 4.78 is 5.76. The summed E-state index contributed by atoms with van der Waals surface area (Å²) in [6.45, 7) is 5.69. The number of nitrogens with one attached hydrogen (secondary N) is 1. The highest BCUT2D eigenvalue weighted by Gasteiger charge is 2.26. The molecule has 0 heterocycles. The lowest BCUT2D eigenvalue weighted by molar-refractivity contribution is -0.127. The number of carbonyl (C=O) groups is 1. The lowest BCUT2D eigenvalue weighted by Gasteiger charge is -2.19. The molecule has 0 aromatic heterocycles. The van der Waals surface area contributed by atoms with Crippen LogP contribution in [0.15, 0.2) is 18.2 Å². The molecule has 0 saturated heterocycles. The van der Waals surface area contributed by atoms with Crippen LogP contribution in [0.25, 0.3) is 0 Å². The van der Waals surface area contributed by atoms with Crippen molar-refractivity contribution in [3.63, 3.8) is 0 Å². The van der Waals surface area contributed by atoms with Gasteiger partial charge in [-0.1, -0.05) is 17.7 Å².